The molecule has 1 unspecified atom stereocenters. The molecule has 1 amide bonds. The van der Waals surface area contributed by atoms with Gasteiger partial charge in [0.1, 0.15) is 0 Å². The molecule has 2 fully saturated rings. The number of hydrogen-bond acceptors (Lipinski definition) is 5. The van der Waals surface area contributed by atoms with Gasteiger partial charge >= 0.3 is 0 Å². The third-order valence-corrected chi connectivity index (χ3v) is 6.60. The van der Waals surface area contributed by atoms with E-state index in [4.69, 9.17) is 21.1 Å². The molecule has 0 bridgehead atoms. The van der Waals surface area contributed by atoms with E-state index in [0.717, 1.165) is 28.7 Å². The van der Waals surface area contributed by atoms with Crippen LogP contribution in [0.5, 0.6) is 0 Å². The van der Waals surface area contributed by atoms with Gasteiger partial charge in [-0.1, -0.05) is 18.2 Å². The van der Waals surface area contributed by atoms with Crippen molar-refractivity contribution in [2.24, 2.45) is 11.7 Å². The summed E-state index contributed by atoms with van der Waals surface area (Å²) in [4.78, 5) is 14.9. The first kappa shape index (κ1) is 21.8. The van der Waals surface area contributed by atoms with E-state index in [0.29, 0.717) is 48.8 Å². The van der Waals surface area contributed by atoms with Crippen LogP contribution < -0.4 is 5.73 Å². The Kier molecular flexibility index (Phi) is 6.11. The third-order valence-electron chi connectivity index (χ3n) is 6.60. The molecule has 0 saturated carbocycles. The van der Waals surface area contributed by atoms with Crippen molar-refractivity contribution < 1.29 is 9.53 Å². The highest BCUT2D eigenvalue weighted by molar-refractivity contribution is 6.05. The molecule has 2 aromatic rings. The van der Waals surface area contributed by atoms with Crippen LogP contribution in [-0.2, 0) is 4.74 Å². The Labute approximate surface area is 188 Å². The van der Waals surface area contributed by atoms with Gasteiger partial charge in [0.25, 0.3) is 5.91 Å². The Morgan fingerprint density at radius 3 is 2.56 bits per heavy atom. The van der Waals surface area contributed by atoms with Crippen molar-refractivity contribution in [2.75, 3.05) is 26.3 Å². The Morgan fingerprint density at radius 1 is 1.22 bits per heavy atom. The van der Waals surface area contributed by atoms with Crippen molar-refractivity contribution in [1.82, 2.24) is 4.90 Å². The summed E-state index contributed by atoms with van der Waals surface area (Å²) >= 11 is 0. The number of carbonyl (C=O) groups excluding carboxylic acids is 1. The predicted octanol–water partition coefficient (Wildman–Crippen LogP) is 3.85. The fourth-order valence-electron chi connectivity index (χ4n) is 4.33. The van der Waals surface area contributed by atoms with E-state index in [9.17, 15) is 4.79 Å². The van der Waals surface area contributed by atoms with Crippen LogP contribution in [-0.4, -0.2) is 42.8 Å². The Bertz CT molecular complexity index is 1120. The number of ether oxygens (including phenoxy) is 1. The molecule has 2 saturated heterocycles. The Morgan fingerprint density at radius 2 is 1.94 bits per heavy atom. The molecule has 4 rings (SSSR count). The summed E-state index contributed by atoms with van der Waals surface area (Å²) < 4.78 is 5.42. The maximum atomic E-state index is 13.1. The van der Waals surface area contributed by atoms with Gasteiger partial charge < -0.3 is 20.8 Å². The molecule has 0 aliphatic carbocycles. The molecule has 1 atom stereocenters. The summed E-state index contributed by atoms with van der Waals surface area (Å²) in [6.45, 7) is 6.41. The van der Waals surface area contributed by atoms with Gasteiger partial charge in [-0.05, 0) is 61.2 Å². The number of nitrogens with one attached hydrogen (secondary N) is 1. The SMILES string of the molecule is C/C(C(=N)C1CCOC1)=C(/N)c1cc(C(=O)N2CC(c3ccc(C#N)cc3)C2)ccc1C. The molecule has 0 radical (unpaired) electrons. The van der Waals surface area contributed by atoms with Gasteiger partial charge in [0, 0.05) is 54.1 Å². The summed E-state index contributed by atoms with van der Waals surface area (Å²) in [5.41, 5.74) is 12.5. The minimum Gasteiger partial charge on any atom is -0.398 e. The number of benzene rings is 2. The molecule has 2 heterocycles. The molecule has 2 aliphatic heterocycles. The zero-order chi connectivity index (χ0) is 22.8. The smallest absolute Gasteiger partial charge is 0.253 e. The highest BCUT2D eigenvalue weighted by Gasteiger charge is 2.32. The molecule has 164 valence electrons. The first-order valence-electron chi connectivity index (χ1n) is 10.9. The summed E-state index contributed by atoms with van der Waals surface area (Å²) in [6, 6.07) is 15.3. The van der Waals surface area contributed by atoms with Gasteiger partial charge in [-0.3, -0.25) is 4.79 Å². The monoisotopic (exact) mass is 428 g/mol. The zero-order valence-electron chi connectivity index (χ0n) is 18.5. The maximum absolute atomic E-state index is 13.1. The lowest BCUT2D eigenvalue weighted by Gasteiger charge is -2.39. The van der Waals surface area contributed by atoms with Crippen molar-refractivity contribution in [3.8, 4) is 6.07 Å². The highest BCUT2D eigenvalue weighted by atomic mass is 16.5. The first-order valence-corrected chi connectivity index (χ1v) is 10.9. The second-order valence-electron chi connectivity index (χ2n) is 8.68. The van der Waals surface area contributed by atoms with E-state index in [1.807, 2.05) is 61.2 Å². The normalized spacial score (nSPS) is 19.2. The van der Waals surface area contributed by atoms with E-state index in [-0.39, 0.29) is 17.7 Å². The van der Waals surface area contributed by atoms with Crippen molar-refractivity contribution in [1.29, 1.82) is 10.7 Å². The highest BCUT2D eigenvalue weighted by Crippen LogP contribution is 2.30. The van der Waals surface area contributed by atoms with E-state index < -0.39 is 0 Å². The number of likely N-dealkylation sites (tertiary alicyclic amines) is 1. The van der Waals surface area contributed by atoms with Gasteiger partial charge in [0.2, 0.25) is 0 Å². The molecular formula is C26H28N4O2. The lowest BCUT2D eigenvalue weighted by atomic mass is 9.89. The molecule has 0 spiro atoms. The number of nitrogens with two attached hydrogens (primary N) is 1. The van der Waals surface area contributed by atoms with Crippen molar-refractivity contribution in [3.05, 3.63) is 75.9 Å². The van der Waals surface area contributed by atoms with Crippen molar-refractivity contribution >= 4 is 17.3 Å². The number of nitriles is 1. The standard InChI is InChI=1S/C26H28N4O2/c1-16-3-6-20(11-23(16)25(29)17(2)24(28)21-9-10-32-15-21)26(31)30-13-22(14-30)19-7-4-18(12-27)5-8-19/h3-8,11,21-22,28H,9-10,13-15,29H2,1-2H3/b25-17-,28-24?. The molecular weight excluding hydrogens is 400 g/mol. The first-order chi connectivity index (χ1) is 15.4. The molecule has 2 aliphatic rings. The number of carbonyl (C=O) groups is 1. The molecule has 0 aromatic heterocycles. The number of nitrogens with zero attached hydrogens (tertiary/aromatic N) is 2. The number of amides is 1. The number of aryl methyl sites for hydroxylation is 1. The summed E-state index contributed by atoms with van der Waals surface area (Å²) in [5.74, 6) is 0.359. The zero-order valence-corrected chi connectivity index (χ0v) is 18.5. The van der Waals surface area contributed by atoms with Crippen LogP contribution in [0.1, 0.15) is 51.9 Å². The van der Waals surface area contributed by atoms with E-state index in [1.54, 1.807) is 0 Å². The van der Waals surface area contributed by atoms with Crippen LogP contribution in [0, 0.1) is 29.6 Å². The lowest BCUT2D eigenvalue weighted by molar-refractivity contribution is 0.0602. The van der Waals surface area contributed by atoms with Gasteiger partial charge in [-0.25, -0.2) is 0 Å². The second-order valence-corrected chi connectivity index (χ2v) is 8.68. The molecule has 2 aromatic carbocycles. The summed E-state index contributed by atoms with van der Waals surface area (Å²) in [5, 5.41) is 17.5. The molecule has 6 heteroatoms. The van der Waals surface area contributed by atoms with E-state index in [2.05, 4.69) is 6.07 Å². The predicted molar refractivity (Wildman–Crippen MR) is 124 cm³/mol. The number of rotatable bonds is 5. The minimum absolute atomic E-state index is 0.0131. The fourth-order valence-corrected chi connectivity index (χ4v) is 4.33. The van der Waals surface area contributed by atoms with Gasteiger partial charge in [0.05, 0.1) is 18.2 Å². The Hall–Kier alpha value is -3.43. The minimum atomic E-state index is -0.0131. The van der Waals surface area contributed by atoms with Gasteiger partial charge in [-0.2, -0.15) is 5.26 Å². The van der Waals surface area contributed by atoms with Gasteiger partial charge in [0.15, 0.2) is 0 Å². The largest absolute Gasteiger partial charge is 0.398 e. The third kappa shape index (κ3) is 4.17. The van der Waals surface area contributed by atoms with Crippen molar-refractivity contribution in [2.45, 2.75) is 26.2 Å². The maximum Gasteiger partial charge on any atom is 0.253 e. The average Bonchev–Trinajstić information content (AvgIpc) is 3.32. The van der Waals surface area contributed by atoms with Crippen LogP contribution >= 0.6 is 0 Å². The molecule has 6 nitrogen and oxygen atoms in total. The van der Waals surface area contributed by atoms with Gasteiger partial charge in [-0.15, -0.1) is 0 Å². The lowest BCUT2D eigenvalue weighted by Crippen LogP contribution is -2.48. The van der Waals surface area contributed by atoms with E-state index >= 15 is 0 Å². The van der Waals surface area contributed by atoms with Crippen LogP contribution in [0.15, 0.2) is 48.0 Å². The summed E-state index contributed by atoms with van der Waals surface area (Å²) in [7, 11) is 0. The van der Waals surface area contributed by atoms with Crippen LogP contribution in [0.3, 0.4) is 0 Å². The van der Waals surface area contributed by atoms with Crippen LogP contribution in [0.2, 0.25) is 0 Å². The fraction of sp³-hybridized carbons (Fsp3) is 0.346. The number of hydrogen-bond donors (Lipinski definition) is 2. The number of allylic oxidation sites excluding steroid dienone is 1. The molecule has 3 N–H and O–H groups in total. The topological polar surface area (TPSA) is 103 Å². The molecule has 32 heavy (non-hydrogen) atoms. The Balaban J connectivity index is 1.48. The van der Waals surface area contributed by atoms with Crippen LogP contribution in [0.4, 0.5) is 0 Å². The second kappa shape index (κ2) is 8.97. The quantitative estimate of drug-likeness (QED) is 0.706. The van der Waals surface area contributed by atoms with Crippen LogP contribution in [0.25, 0.3) is 5.70 Å². The summed E-state index contributed by atoms with van der Waals surface area (Å²) in [6.07, 6.45) is 0.844. The average molecular weight is 429 g/mol. The van der Waals surface area contributed by atoms with E-state index in [1.165, 1.54) is 0 Å². The van der Waals surface area contributed by atoms with Crippen molar-refractivity contribution in [3.63, 3.8) is 0 Å².